The summed E-state index contributed by atoms with van der Waals surface area (Å²) in [4.78, 5) is 0. The maximum Gasteiger partial charge on any atom is 0.0693 e. The van der Waals surface area contributed by atoms with Crippen LogP contribution in [-0.4, -0.2) is 11.7 Å². The zero-order chi connectivity index (χ0) is 12.1. The summed E-state index contributed by atoms with van der Waals surface area (Å²) in [5.41, 5.74) is 2.27. The summed E-state index contributed by atoms with van der Waals surface area (Å²) < 4.78 is 0. The van der Waals surface area contributed by atoms with Gasteiger partial charge in [0.2, 0.25) is 0 Å². The highest BCUT2D eigenvalue weighted by molar-refractivity contribution is 5.26. The van der Waals surface area contributed by atoms with Crippen molar-refractivity contribution in [1.29, 1.82) is 5.26 Å². The third kappa shape index (κ3) is 2.87. The largest absolute Gasteiger partial charge is 0.396 e. The van der Waals surface area contributed by atoms with Gasteiger partial charge in [0, 0.05) is 6.61 Å². The molecule has 0 atom stereocenters. The fourth-order valence-corrected chi connectivity index (χ4v) is 2.79. The second-order valence-corrected chi connectivity index (χ2v) is 5.07. The lowest BCUT2D eigenvalue weighted by atomic mass is 9.81. The van der Waals surface area contributed by atoms with Gasteiger partial charge in [0.25, 0.3) is 0 Å². The molecule has 2 nitrogen and oxygen atoms in total. The molecule has 0 bridgehead atoms. The normalized spacial score (nSPS) is 17.9. The molecular formula is C15H19NO. The van der Waals surface area contributed by atoms with E-state index in [9.17, 15) is 5.26 Å². The molecule has 90 valence electrons. The number of benzene rings is 1. The molecule has 0 amide bonds. The molecule has 1 aliphatic rings. The van der Waals surface area contributed by atoms with Crippen molar-refractivity contribution in [2.75, 3.05) is 6.61 Å². The molecule has 0 aliphatic heterocycles. The third-order valence-corrected chi connectivity index (χ3v) is 3.73. The lowest BCUT2D eigenvalue weighted by Gasteiger charge is -2.20. The van der Waals surface area contributed by atoms with Crippen LogP contribution in [0.4, 0.5) is 0 Å². The summed E-state index contributed by atoms with van der Waals surface area (Å²) >= 11 is 0. The average molecular weight is 229 g/mol. The van der Waals surface area contributed by atoms with Crippen LogP contribution in [-0.2, 0) is 12.8 Å². The SMILES string of the molecule is N#CC1(Cc2cccc(CCO)c2)CCCC1. The Labute approximate surface area is 103 Å². The van der Waals surface area contributed by atoms with Crippen molar-refractivity contribution < 1.29 is 5.11 Å². The van der Waals surface area contributed by atoms with Gasteiger partial charge < -0.3 is 5.11 Å². The van der Waals surface area contributed by atoms with E-state index < -0.39 is 0 Å². The molecule has 1 aromatic rings. The molecule has 1 fully saturated rings. The number of aliphatic hydroxyl groups is 1. The van der Waals surface area contributed by atoms with E-state index in [4.69, 9.17) is 5.11 Å². The van der Waals surface area contributed by atoms with Crippen molar-refractivity contribution in [2.24, 2.45) is 5.41 Å². The average Bonchev–Trinajstić information content (AvgIpc) is 2.79. The Kier molecular flexibility index (Phi) is 3.81. The summed E-state index contributed by atoms with van der Waals surface area (Å²) in [6, 6.07) is 10.8. The molecule has 2 heteroatoms. The highest BCUT2D eigenvalue weighted by atomic mass is 16.2. The number of aliphatic hydroxyl groups excluding tert-OH is 1. The first kappa shape index (κ1) is 12.1. The van der Waals surface area contributed by atoms with Crippen LogP contribution in [0, 0.1) is 16.7 Å². The topological polar surface area (TPSA) is 44.0 Å². The molecule has 2 rings (SSSR count). The molecule has 1 N–H and O–H groups in total. The fraction of sp³-hybridized carbons (Fsp3) is 0.533. The predicted octanol–water partition coefficient (Wildman–Crippen LogP) is 2.85. The van der Waals surface area contributed by atoms with Crippen LogP contribution in [0.25, 0.3) is 0 Å². The summed E-state index contributed by atoms with van der Waals surface area (Å²) in [5.74, 6) is 0. The van der Waals surface area contributed by atoms with E-state index in [1.165, 1.54) is 18.4 Å². The smallest absolute Gasteiger partial charge is 0.0693 e. The Morgan fingerprint density at radius 1 is 1.24 bits per heavy atom. The van der Waals surface area contributed by atoms with Gasteiger partial charge >= 0.3 is 0 Å². The van der Waals surface area contributed by atoms with Crippen molar-refractivity contribution in [3.05, 3.63) is 35.4 Å². The molecule has 0 radical (unpaired) electrons. The Morgan fingerprint density at radius 2 is 1.94 bits per heavy atom. The maximum absolute atomic E-state index is 9.36. The van der Waals surface area contributed by atoms with E-state index in [0.29, 0.717) is 6.42 Å². The second-order valence-electron chi connectivity index (χ2n) is 5.07. The van der Waals surface area contributed by atoms with E-state index in [1.54, 1.807) is 0 Å². The Hall–Kier alpha value is -1.33. The highest BCUT2D eigenvalue weighted by Crippen LogP contribution is 2.40. The molecule has 1 aliphatic carbocycles. The summed E-state index contributed by atoms with van der Waals surface area (Å²) in [7, 11) is 0. The minimum atomic E-state index is -0.127. The van der Waals surface area contributed by atoms with Crippen LogP contribution in [0.1, 0.15) is 36.8 Å². The minimum absolute atomic E-state index is 0.127. The number of hydrogen-bond donors (Lipinski definition) is 1. The van der Waals surface area contributed by atoms with Gasteiger partial charge in [-0.05, 0) is 36.8 Å². The first-order valence-electron chi connectivity index (χ1n) is 6.38. The van der Waals surface area contributed by atoms with Crippen molar-refractivity contribution in [3.8, 4) is 6.07 Å². The Bertz CT molecular complexity index is 413. The van der Waals surface area contributed by atoms with Gasteiger partial charge in [-0.3, -0.25) is 0 Å². The Balaban J connectivity index is 2.12. The van der Waals surface area contributed by atoms with Gasteiger partial charge in [-0.1, -0.05) is 37.1 Å². The minimum Gasteiger partial charge on any atom is -0.396 e. The zero-order valence-corrected chi connectivity index (χ0v) is 10.2. The number of nitrogens with zero attached hydrogens (tertiary/aromatic N) is 1. The van der Waals surface area contributed by atoms with Crippen LogP contribution in [0.15, 0.2) is 24.3 Å². The van der Waals surface area contributed by atoms with Crippen LogP contribution in [0.3, 0.4) is 0 Å². The van der Waals surface area contributed by atoms with E-state index in [2.05, 4.69) is 18.2 Å². The molecule has 1 aromatic carbocycles. The van der Waals surface area contributed by atoms with Crippen molar-refractivity contribution in [3.63, 3.8) is 0 Å². The Morgan fingerprint density at radius 3 is 2.59 bits per heavy atom. The first-order valence-corrected chi connectivity index (χ1v) is 6.38. The molecule has 0 heterocycles. The molecule has 0 unspecified atom stereocenters. The van der Waals surface area contributed by atoms with Crippen LogP contribution >= 0.6 is 0 Å². The van der Waals surface area contributed by atoms with E-state index in [0.717, 1.165) is 24.8 Å². The number of rotatable bonds is 4. The zero-order valence-electron chi connectivity index (χ0n) is 10.2. The van der Waals surface area contributed by atoms with Crippen LogP contribution in [0.2, 0.25) is 0 Å². The van der Waals surface area contributed by atoms with Gasteiger partial charge in [-0.15, -0.1) is 0 Å². The van der Waals surface area contributed by atoms with Gasteiger partial charge in [0.05, 0.1) is 11.5 Å². The van der Waals surface area contributed by atoms with E-state index >= 15 is 0 Å². The van der Waals surface area contributed by atoms with Gasteiger partial charge in [0.1, 0.15) is 0 Å². The third-order valence-electron chi connectivity index (χ3n) is 3.73. The van der Waals surface area contributed by atoms with E-state index in [-0.39, 0.29) is 12.0 Å². The summed E-state index contributed by atoms with van der Waals surface area (Å²) in [6.07, 6.45) is 6.01. The lowest BCUT2D eigenvalue weighted by Crippen LogP contribution is -2.17. The van der Waals surface area contributed by atoms with Gasteiger partial charge in [-0.25, -0.2) is 0 Å². The van der Waals surface area contributed by atoms with Crippen molar-refractivity contribution in [2.45, 2.75) is 38.5 Å². The molecule has 17 heavy (non-hydrogen) atoms. The maximum atomic E-state index is 9.36. The van der Waals surface area contributed by atoms with Crippen LogP contribution in [0.5, 0.6) is 0 Å². The molecule has 0 saturated heterocycles. The number of hydrogen-bond acceptors (Lipinski definition) is 2. The predicted molar refractivity (Wildman–Crippen MR) is 67.4 cm³/mol. The monoisotopic (exact) mass is 229 g/mol. The van der Waals surface area contributed by atoms with Crippen molar-refractivity contribution >= 4 is 0 Å². The first-order chi connectivity index (χ1) is 8.28. The summed E-state index contributed by atoms with van der Waals surface area (Å²) in [6.45, 7) is 0.187. The van der Waals surface area contributed by atoms with Gasteiger partial charge in [0.15, 0.2) is 0 Å². The van der Waals surface area contributed by atoms with E-state index in [1.807, 2.05) is 12.1 Å². The summed E-state index contributed by atoms with van der Waals surface area (Å²) in [5, 5.41) is 18.3. The molecule has 0 aromatic heterocycles. The lowest BCUT2D eigenvalue weighted by molar-refractivity contribution is 0.299. The molecule has 0 spiro atoms. The highest BCUT2D eigenvalue weighted by Gasteiger charge is 2.33. The van der Waals surface area contributed by atoms with Crippen molar-refractivity contribution in [1.82, 2.24) is 0 Å². The molecule has 1 saturated carbocycles. The second kappa shape index (κ2) is 5.33. The number of nitriles is 1. The van der Waals surface area contributed by atoms with Gasteiger partial charge in [-0.2, -0.15) is 5.26 Å². The standard InChI is InChI=1S/C15H19NO/c16-12-15(7-1-2-8-15)11-14-5-3-4-13(10-14)6-9-17/h3-5,10,17H,1-2,6-9,11H2. The van der Waals surface area contributed by atoms with Crippen LogP contribution < -0.4 is 0 Å². The molecular weight excluding hydrogens is 210 g/mol. The quantitative estimate of drug-likeness (QED) is 0.862. The fourth-order valence-electron chi connectivity index (χ4n) is 2.79.